The van der Waals surface area contributed by atoms with E-state index >= 15 is 4.39 Å². The summed E-state index contributed by atoms with van der Waals surface area (Å²) >= 11 is 0. The molecule has 0 saturated carbocycles. The average molecular weight is 537 g/mol. The third kappa shape index (κ3) is 4.47. The topological polar surface area (TPSA) is 129 Å². The Balaban J connectivity index is 1.32. The molecule has 0 aromatic carbocycles. The molecule has 2 bridgehead atoms. The average Bonchev–Trinajstić information content (AvgIpc) is 3.31. The first-order valence-corrected chi connectivity index (χ1v) is 14.2. The number of nitrogens with one attached hydrogen (secondary N) is 3. The fraction of sp³-hybridized carbons (Fsp3) is 0.385. The zero-order valence-corrected chi connectivity index (χ0v) is 22.0. The number of hydrogen-bond acceptors (Lipinski definition) is 8. The van der Waals surface area contributed by atoms with Crippen LogP contribution < -0.4 is 10.6 Å². The predicted molar refractivity (Wildman–Crippen MR) is 142 cm³/mol. The van der Waals surface area contributed by atoms with Crippen LogP contribution in [0.2, 0.25) is 0 Å². The molecule has 2 aliphatic heterocycles. The monoisotopic (exact) mass is 536 g/mol. The van der Waals surface area contributed by atoms with Crippen LogP contribution in [0.25, 0.3) is 10.9 Å². The summed E-state index contributed by atoms with van der Waals surface area (Å²) in [4.78, 5) is 13.2. The van der Waals surface area contributed by atoms with Crippen molar-refractivity contribution in [2.24, 2.45) is 0 Å². The first-order valence-electron chi connectivity index (χ1n) is 12.7. The summed E-state index contributed by atoms with van der Waals surface area (Å²) in [6.45, 7) is 3.76. The standard InChI is InChI=1S/C26H29FN8O2S/c1-15-9-21-24(29-13-15)23(27)26(31-22-10-16(2)33-34-22)32-25(21)30-17-11-18-5-3-6-19(12-17)35(18)38(36,37)20-7-4-8-28-14-20/h4,7-10,13-14,17-19H,3,5-6,11-12H2,1-2H3,(H3,30,31,32,33,34)/t17?,18-,19+. The predicted octanol–water partition coefficient (Wildman–Crippen LogP) is 4.43. The Hall–Kier alpha value is -3.64. The molecule has 2 fully saturated rings. The van der Waals surface area contributed by atoms with Gasteiger partial charge in [-0.15, -0.1) is 0 Å². The fourth-order valence-electron chi connectivity index (χ4n) is 5.72. The lowest BCUT2D eigenvalue weighted by molar-refractivity contribution is 0.116. The number of aryl methyl sites for hydroxylation is 2. The van der Waals surface area contributed by atoms with Crippen LogP contribution in [-0.2, 0) is 10.0 Å². The Morgan fingerprint density at radius 1 is 1.11 bits per heavy atom. The van der Waals surface area contributed by atoms with Crippen molar-refractivity contribution in [1.82, 2.24) is 29.5 Å². The van der Waals surface area contributed by atoms with Gasteiger partial charge in [0.2, 0.25) is 10.0 Å². The van der Waals surface area contributed by atoms with Gasteiger partial charge in [-0.3, -0.25) is 15.1 Å². The minimum atomic E-state index is -3.65. The summed E-state index contributed by atoms with van der Waals surface area (Å²) in [6, 6.07) is 6.57. The number of rotatable bonds is 6. The highest BCUT2D eigenvalue weighted by Crippen LogP contribution is 2.40. The maximum atomic E-state index is 15.5. The van der Waals surface area contributed by atoms with E-state index in [1.807, 2.05) is 19.9 Å². The maximum Gasteiger partial charge on any atom is 0.245 e. The molecule has 2 aliphatic rings. The van der Waals surface area contributed by atoms with Gasteiger partial charge in [-0.25, -0.2) is 17.8 Å². The third-order valence-electron chi connectivity index (χ3n) is 7.33. The second kappa shape index (κ2) is 9.59. The van der Waals surface area contributed by atoms with E-state index in [0.29, 0.717) is 29.9 Å². The minimum Gasteiger partial charge on any atom is -0.367 e. The van der Waals surface area contributed by atoms with E-state index < -0.39 is 15.8 Å². The second-order valence-corrected chi connectivity index (χ2v) is 12.0. The van der Waals surface area contributed by atoms with Gasteiger partial charge in [-0.05, 0) is 63.3 Å². The number of piperidine rings is 2. The number of hydrogen-bond donors (Lipinski definition) is 3. The molecule has 4 aromatic rings. The number of H-pyrrole nitrogens is 1. The summed E-state index contributed by atoms with van der Waals surface area (Å²) in [5.74, 6) is 0.439. The highest BCUT2D eigenvalue weighted by Gasteiger charge is 2.45. The molecule has 0 radical (unpaired) electrons. The van der Waals surface area contributed by atoms with Gasteiger partial charge in [-0.2, -0.15) is 9.40 Å². The molecule has 10 nitrogen and oxygen atoms in total. The van der Waals surface area contributed by atoms with Gasteiger partial charge in [-0.1, -0.05) is 6.42 Å². The molecule has 3 atom stereocenters. The number of aromatic nitrogens is 5. The summed E-state index contributed by atoms with van der Waals surface area (Å²) in [6.07, 6.45) is 8.42. The Morgan fingerprint density at radius 2 is 1.89 bits per heavy atom. The molecule has 0 spiro atoms. The molecular weight excluding hydrogens is 507 g/mol. The van der Waals surface area contributed by atoms with E-state index in [-0.39, 0.29) is 34.4 Å². The van der Waals surface area contributed by atoms with Crippen LogP contribution in [0.4, 0.5) is 21.8 Å². The normalized spacial score (nSPS) is 21.9. The smallest absolute Gasteiger partial charge is 0.245 e. The van der Waals surface area contributed by atoms with E-state index in [4.69, 9.17) is 0 Å². The molecule has 0 aliphatic carbocycles. The van der Waals surface area contributed by atoms with Crippen molar-refractivity contribution in [3.8, 4) is 0 Å². The highest BCUT2D eigenvalue weighted by molar-refractivity contribution is 7.89. The lowest BCUT2D eigenvalue weighted by Gasteiger charge is -2.47. The molecule has 38 heavy (non-hydrogen) atoms. The summed E-state index contributed by atoms with van der Waals surface area (Å²) < 4.78 is 44.2. The summed E-state index contributed by atoms with van der Waals surface area (Å²) in [7, 11) is -3.65. The minimum absolute atomic E-state index is 0.0274. The molecule has 6 heterocycles. The zero-order valence-electron chi connectivity index (χ0n) is 21.1. The van der Waals surface area contributed by atoms with Crippen molar-refractivity contribution in [2.45, 2.75) is 69.0 Å². The molecule has 1 unspecified atom stereocenters. The van der Waals surface area contributed by atoms with E-state index in [9.17, 15) is 8.42 Å². The molecule has 0 amide bonds. The van der Waals surface area contributed by atoms with Gasteiger partial charge in [0, 0.05) is 53.9 Å². The van der Waals surface area contributed by atoms with Crippen molar-refractivity contribution in [3.05, 3.63) is 59.9 Å². The molecule has 6 rings (SSSR count). The molecular formula is C26H29FN8O2S. The number of halogens is 1. The first kappa shape index (κ1) is 24.7. The van der Waals surface area contributed by atoms with Crippen LogP contribution in [0, 0.1) is 19.7 Å². The Morgan fingerprint density at radius 3 is 2.58 bits per heavy atom. The zero-order chi connectivity index (χ0) is 26.4. The van der Waals surface area contributed by atoms with Crippen LogP contribution in [0.15, 0.2) is 47.8 Å². The summed E-state index contributed by atoms with van der Waals surface area (Å²) in [5, 5.41) is 14.0. The number of fused-ring (bicyclic) bond motifs is 3. The molecule has 4 aromatic heterocycles. The van der Waals surface area contributed by atoms with E-state index in [1.54, 1.807) is 34.9 Å². The number of pyridine rings is 3. The third-order valence-corrected chi connectivity index (χ3v) is 9.32. The Kier molecular flexibility index (Phi) is 6.23. The van der Waals surface area contributed by atoms with Crippen molar-refractivity contribution in [2.75, 3.05) is 10.6 Å². The number of anilines is 3. The van der Waals surface area contributed by atoms with E-state index in [2.05, 4.69) is 35.8 Å². The van der Waals surface area contributed by atoms with E-state index in [0.717, 1.165) is 30.5 Å². The second-order valence-electron chi connectivity index (χ2n) is 10.2. The fourth-order valence-corrected chi connectivity index (χ4v) is 7.57. The quantitative estimate of drug-likeness (QED) is 0.330. The van der Waals surface area contributed by atoms with Gasteiger partial charge < -0.3 is 10.6 Å². The molecule has 3 N–H and O–H groups in total. The van der Waals surface area contributed by atoms with Crippen LogP contribution >= 0.6 is 0 Å². The SMILES string of the molecule is Cc1cnc2c(F)c(Nc3cc(C)[nH]n3)nc(NC3C[C@H]4CCC[C@@H](C3)N4S(=O)(=O)c3cccnc3)c2c1. The largest absolute Gasteiger partial charge is 0.367 e. The first-order chi connectivity index (χ1) is 18.3. The van der Waals surface area contributed by atoms with Gasteiger partial charge in [0.15, 0.2) is 17.5 Å². The number of nitrogens with zero attached hydrogens (tertiary/aromatic N) is 5. The molecule has 12 heteroatoms. The molecule has 2 saturated heterocycles. The van der Waals surface area contributed by atoms with Crippen molar-refractivity contribution < 1.29 is 12.8 Å². The number of sulfonamides is 1. The lowest BCUT2D eigenvalue weighted by atomic mass is 9.84. The van der Waals surface area contributed by atoms with Crippen LogP contribution in [0.5, 0.6) is 0 Å². The van der Waals surface area contributed by atoms with E-state index in [1.165, 1.54) is 6.20 Å². The van der Waals surface area contributed by atoms with Gasteiger partial charge in [0.1, 0.15) is 16.2 Å². The van der Waals surface area contributed by atoms with Crippen molar-refractivity contribution in [1.29, 1.82) is 0 Å². The van der Waals surface area contributed by atoms with Crippen molar-refractivity contribution in [3.63, 3.8) is 0 Å². The van der Waals surface area contributed by atoms with Crippen LogP contribution in [0.3, 0.4) is 0 Å². The van der Waals surface area contributed by atoms with Crippen LogP contribution in [-0.4, -0.2) is 56.0 Å². The van der Waals surface area contributed by atoms with Gasteiger partial charge in [0.05, 0.1) is 0 Å². The Labute approximate surface area is 220 Å². The van der Waals surface area contributed by atoms with Crippen LogP contribution in [0.1, 0.15) is 43.4 Å². The molecule has 198 valence electrons. The Bertz CT molecular complexity index is 1580. The van der Waals surface area contributed by atoms with Crippen molar-refractivity contribution >= 4 is 38.4 Å². The maximum absolute atomic E-state index is 15.5. The number of aromatic amines is 1. The van der Waals surface area contributed by atoms with Gasteiger partial charge in [0.25, 0.3) is 0 Å². The lowest BCUT2D eigenvalue weighted by Crippen LogP contribution is -2.56. The highest BCUT2D eigenvalue weighted by atomic mass is 32.2. The summed E-state index contributed by atoms with van der Waals surface area (Å²) in [5.41, 5.74) is 1.93. The van der Waals surface area contributed by atoms with Gasteiger partial charge >= 0.3 is 0 Å².